The summed E-state index contributed by atoms with van der Waals surface area (Å²) in [4.78, 5) is 16.0. The van der Waals surface area contributed by atoms with E-state index in [1.807, 2.05) is 50.2 Å². The van der Waals surface area contributed by atoms with E-state index >= 15 is 0 Å². The molecule has 3 heterocycles. The van der Waals surface area contributed by atoms with Gasteiger partial charge in [-0.25, -0.2) is 9.97 Å². The van der Waals surface area contributed by atoms with Crippen LogP contribution in [-0.2, 0) is 6.61 Å². The van der Waals surface area contributed by atoms with Crippen LogP contribution in [0.2, 0.25) is 0 Å². The second-order valence-corrected chi connectivity index (χ2v) is 6.87. The van der Waals surface area contributed by atoms with Gasteiger partial charge < -0.3 is 14.1 Å². The SMILES string of the molecule is Cc1cc(OCc2nc(-c3ccccc3)oc2C)nc(N2CCCCC2)n1. The molecular weight excluding hydrogens is 340 g/mol. The maximum Gasteiger partial charge on any atom is 0.228 e. The Bertz CT molecular complexity index is 902. The quantitative estimate of drug-likeness (QED) is 0.672. The first kappa shape index (κ1) is 17.5. The van der Waals surface area contributed by atoms with Gasteiger partial charge in [0.2, 0.25) is 17.7 Å². The smallest absolute Gasteiger partial charge is 0.228 e. The van der Waals surface area contributed by atoms with Gasteiger partial charge in [-0.15, -0.1) is 0 Å². The number of hydrogen-bond acceptors (Lipinski definition) is 6. The summed E-state index contributed by atoms with van der Waals surface area (Å²) in [7, 11) is 0. The number of ether oxygens (including phenoxy) is 1. The summed E-state index contributed by atoms with van der Waals surface area (Å²) >= 11 is 0. The van der Waals surface area contributed by atoms with Crippen molar-refractivity contribution in [3.8, 4) is 17.3 Å². The number of piperidine rings is 1. The van der Waals surface area contributed by atoms with Crippen molar-refractivity contribution in [3.05, 3.63) is 53.5 Å². The summed E-state index contributed by atoms with van der Waals surface area (Å²) in [6.45, 7) is 6.20. The molecule has 0 N–H and O–H groups in total. The molecule has 1 fully saturated rings. The molecule has 0 amide bonds. The van der Waals surface area contributed by atoms with Gasteiger partial charge in [0.25, 0.3) is 0 Å². The normalized spacial score (nSPS) is 14.4. The Kier molecular flexibility index (Phi) is 5.05. The predicted molar refractivity (Wildman–Crippen MR) is 104 cm³/mol. The zero-order valence-electron chi connectivity index (χ0n) is 15.8. The zero-order chi connectivity index (χ0) is 18.6. The highest BCUT2D eigenvalue weighted by Crippen LogP contribution is 2.23. The summed E-state index contributed by atoms with van der Waals surface area (Å²) in [6, 6.07) is 11.7. The van der Waals surface area contributed by atoms with E-state index in [2.05, 4.69) is 19.9 Å². The van der Waals surface area contributed by atoms with Crippen molar-refractivity contribution < 1.29 is 9.15 Å². The van der Waals surface area contributed by atoms with Crippen LogP contribution in [0.15, 0.2) is 40.8 Å². The molecule has 6 heteroatoms. The molecule has 1 aliphatic rings. The van der Waals surface area contributed by atoms with Crippen molar-refractivity contribution in [2.45, 2.75) is 39.7 Å². The van der Waals surface area contributed by atoms with E-state index < -0.39 is 0 Å². The number of anilines is 1. The van der Waals surface area contributed by atoms with Crippen molar-refractivity contribution in [2.75, 3.05) is 18.0 Å². The fourth-order valence-corrected chi connectivity index (χ4v) is 3.24. The minimum atomic E-state index is 0.318. The van der Waals surface area contributed by atoms with E-state index in [1.54, 1.807) is 0 Å². The largest absolute Gasteiger partial charge is 0.471 e. The summed E-state index contributed by atoms with van der Waals surface area (Å²) in [6.07, 6.45) is 3.66. The molecule has 0 bridgehead atoms. The van der Waals surface area contributed by atoms with Gasteiger partial charge in [0.05, 0.1) is 0 Å². The topological polar surface area (TPSA) is 64.3 Å². The van der Waals surface area contributed by atoms with Gasteiger partial charge >= 0.3 is 0 Å². The summed E-state index contributed by atoms with van der Waals surface area (Å²) < 4.78 is 11.7. The number of aryl methyl sites for hydroxylation is 2. The molecule has 6 nitrogen and oxygen atoms in total. The van der Waals surface area contributed by atoms with Crippen LogP contribution in [0.1, 0.15) is 36.4 Å². The molecule has 0 atom stereocenters. The lowest BCUT2D eigenvalue weighted by Crippen LogP contribution is -2.31. The lowest BCUT2D eigenvalue weighted by atomic mass is 10.1. The Morgan fingerprint density at radius 1 is 1.00 bits per heavy atom. The van der Waals surface area contributed by atoms with E-state index in [4.69, 9.17) is 9.15 Å². The monoisotopic (exact) mass is 364 g/mol. The number of aromatic nitrogens is 3. The summed E-state index contributed by atoms with van der Waals surface area (Å²) in [5.41, 5.74) is 2.64. The fraction of sp³-hybridized carbons (Fsp3) is 0.381. The Hall–Kier alpha value is -2.89. The van der Waals surface area contributed by atoms with Crippen LogP contribution in [-0.4, -0.2) is 28.0 Å². The van der Waals surface area contributed by atoms with Crippen LogP contribution >= 0.6 is 0 Å². The minimum absolute atomic E-state index is 0.318. The van der Waals surface area contributed by atoms with Crippen molar-refractivity contribution in [1.29, 1.82) is 0 Å². The molecule has 0 spiro atoms. The van der Waals surface area contributed by atoms with Crippen LogP contribution in [0, 0.1) is 13.8 Å². The molecule has 27 heavy (non-hydrogen) atoms. The summed E-state index contributed by atoms with van der Waals surface area (Å²) in [5, 5.41) is 0. The molecule has 1 saturated heterocycles. The third kappa shape index (κ3) is 4.10. The molecule has 3 aromatic rings. The van der Waals surface area contributed by atoms with E-state index in [1.165, 1.54) is 19.3 Å². The average molecular weight is 364 g/mol. The number of oxazole rings is 1. The Labute approximate surface area is 159 Å². The molecule has 1 aromatic carbocycles. The number of benzene rings is 1. The highest BCUT2D eigenvalue weighted by molar-refractivity contribution is 5.53. The highest BCUT2D eigenvalue weighted by Gasteiger charge is 2.16. The van der Waals surface area contributed by atoms with Crippen molar-refractivity contribution in [2.24, 2.45) is 0 Å². The number of hydrogen-bond donors (Lipinski definition) is 0. The molecule has 0 saturated carbocycles. The minimum Gasteiger partial charge on any atom is -0.471 e. The maximum absolute atomic E-state index is 5.93. The molecule has 2 aromatic heterocycles. The fourth-order valence-electron chi connectivity index (χ4n) is 3.24. The lowest BCUT2D eigenvalue weighted by molar-refractivity contribution is 0.286. The van der Waals surface area contributed by atoms with Crippen LogP contribution < -0.4 is 9.64 Å². The first-order valence-corrected chi connectivity index (χ1v) is 9.44. The third-order valence-electron chi connectivity index (χ3n) is 4.73. The van der Waals surface area contributed by atoms with E-state index in [9.17, 15) is 0 Å². The van der Waals surface area contributed by atoms with Gasteiger partial charge in [-0.1, -0.05) is 18.2 Å². The van der Waals surface area contributed by atoms with Crippen LogP contribution in [0.25, 0.3) is 11.5 Å². The summed E-state index contributed by atoms with van der Waals surface area (Å²) in [5.74, 6) is 2.70. The molecule has 0 aliphatic carbocycles. The Balaban J connectivity index is 1.49. The maximum atomic E-state index is 5.93. The van der Waals surface area contributed by atoms with Crippen molar-refractivity contribution >= 4 is 5.95 Å². The molecule has 0 unspecified atom stereocenters. The van der Waals surface area contributed by atoms with Gasteiger partial charge in [-0.3, -0.25) is 0 Å². The number of rotatable bonds is 5. The Morgan fingerprint density at radius 2 is 1.78 bits per heavy atom. The van der Waals surface area contributed by atoms with Crippen LogP contribution in [0.5, 0.6) is 5.88 Å². The van der Waals surface area contributed by atoms with Gasteiger partial charge in [0.1, 0.15) is 18.1 Å². The van der Waals surface area contributed by atoms with E-state index in [0.717, 1.165) is 41.7 Å². The first-order valence-electron chi connectivity index (χ1n) is 9.44. The third-order valence-corrected chi connectivity index (χ3v) is 4.73. The average Bonchev–Trinajstić information content (AvgIpc) is 3.08. The second-order valence-electron chi connectivity index (χ2n) is 6.87. The lowest BCUT2D eigenvalue weighted by Gasteiger charge is -2.26. The van der Waals surface area contributed by atoms with Gasteiger partial charge in [-0.2, -0.15) is 4.98 Å². The zero-order valence-corrected chi connectivity index (χ0v) is 15.8. The van der Waals surface area contributed by atoms with E-state index in [-0.39, 0.29) is 0 Å². The molecule has 1 aliphatic heterocycles. The van der Waals surface area contributed by atoms with Crippen molar-refractivity contribution in [3.63, 3.8) is 0 Å². The standard InChI is InChI=1S/C21H24N4O2/c1-15-13-19(24-21(22-15)25-11-7-4-8-12-25)26-14-18-16(2)27-20(23-18)17-9-5-3-6-10-17/h3,5-6,9-10,13H,4,7-8,11-12,14H2,1-2H3. The molecule has 140 valence electrons. The molecular formula is C21H24N4O2. The van der Waals surface area contributed by atoms with E-state index in [0.29, 0.717) is 18.4 Å². The van der Waals surface area contributed by atoms with Gasteiger partial charge in [0.15, 0.2) is 0 Å². The van der Waals surface area contributed by atoms with Gasteiger partial charge in [0, 0.05) is 30.4 Å². The number of nitrogens with zero attached hydrogens (tertiary/aromatic N) is 4. The van der Waals surface area contributed by atoms with Crippen LogP contribution in [0.3, 0.4) is 0 Å². The van der Waals surface area contributed by atoms with Gasteiger partial charge in [-0.05, 0) is 45.2 Å². The highest BCUT2D eigenvalue weighted by atomic mass is 16.5. The second kappa shape index (κ2) is 7.78. The first-order chi connectivity index (χ1) is 13.2. The molecule has 4 rings (SSSR count). The molecule has 0 radical (unpaired) electrons. The van der Waals surface area contributed by atoms with Crippen LogP contribution in [0.4, 0.5) is 5.95 Å². The van der Waals surface area contributed by atoms with Crippen molar-refractivity contribution in [1.82, 2.24) is 15.0 Å². The Morgan fingerprint density at radius 3 is 2.56 bits per heavy atom. The predicted octanol–water partition coefficient (Wildman–Crippen LogP) is 4.32.